The molecular weight excluding hydrogens is 300 g/mol. The second kappa shape index (κ2) is 4.56. The van der Waals surface area contributed by atoms with Gasteiger partial charge in [0.2, 0.25) is 0 Å². The molecular formula is C9H9ClN2O2S3. The quantitative estimate of drug-likeness (QED) is 0.946. The van der Waals surface area contributed by atoms with Crippen LogP contribution >= 0.6 is 34.3 Å². The summed E-state index contributed by atoms with van der Waals surface area (Å²) < 4.78 is 27.0. The van der Waals surface area contributed by atoms with Gasteiger partial charge in [-0.15, -0.1) is 22.7 Å². The number of nitrogens with zero attached hydrogens (tertiary/aromatic N) is 1. The molecule has 17 heavy (non-hydrogen) atoms. The molecule has 0 radical (unpaired) electrons. The van der Waals surface area contributed by atoms with Crippen LogP contribution in [0, 0.1) is 13.8 Å². The van der Waals surface area contributed by atoms with E-state index in [0.29, 0.717) is 9.47 Å². The van der Waals surface area contributed by atoms with Crippen LogP contribution < -0.4 is 4.72 Å². The van der Waals surface area contributed by atoms with Gasteiger partial charge in [-0.25, -0.2) is 13.4 Å². The molecule has 2 aromatic heterocycles. The lowest BCUT2D eigenvalue weighted by molar-refractivity contribution is 0.603. The van der Waals surface area contributed by atoms with Gasteiger partial charge in [-0.05, 0) is 26.0 Å². The maximum Gasteiger partial charge on any atom is 0.273 e. The maximum atomic E-state index is 11.9. The highest BCUT2D eigenvalue weighted by Gasteiger charge is 2.18. The van der Waals surface area contributed by atoms with Crippen molar-refractivity contribution in [3.05, 3.63) is 27.0 Å². The van der Waals surface area contributed by atoms with Crippen LogP contribution in [-0.4, -0.2) is 13.4 Å². The minimum atomic E-state index is -3.56. The summed E-state index contributed by atoms with van der Waals surface area (Å²) in [5.41, 5.74) is 0.830. The Morgan fingerprint density at radius 1 is 1.29 bits per heavy atom. The van der Waals surface area contributed by atoms with E-state index in [0.717, 1.165) is 21.9 Å². The van der Waals surface area contributed by atoms with Crippen LogP contribution in [-0.2, 0) is 10.0 Å². The van der Waals surface area contributed by atoms with Crippen molar-refractivity contribution in [3.8, 4) is 0 Å². The Morgan fingerprint density at radius 3 is 2.47 bits per heavy atom. The van der Waals surface area contributed by atoms with E-state index in [-0.39, 0.29) is 4.21 Å². The van der Waals surface area contributed by atoms with Crippen LogP contribution in [0.3, 0.4) is 0 Å². The topological polar surface area (TPSA) is 59.1 Å². The van der Waals surface area contributed by atoms with Gasteiger partial charge in [-0.2, -0.15) is 0 Å². The van der Waals surface area contributed by atoms with E-state index in [2.05, 4.69) is 9.71 Å². The summed E-state index contributed by atoms with van der Waals surface area (Å²) in [4.78, 5) is 5.12. The largest absolute Gasteiger partial charge is 0.273 e. The number of sulfonamides is 1. The molecule has 1 N–H and O–H groups in total. The van der Waals surface area contributed by atoms with Gasteiger partial charge in [0.1, 0.15) is 4.21 Å². The third-order valence-corrected chi connectivity index (χ3v) is 6.24. The summed E-state index contributed by atoms with van der Waals surface area (Å²) in [6.07, 6.45) is 0. The Hall–Kier alpha value is -0.630. The van der Waals surface area contributed by atoms with Gasteiger partial charge in [0.15, 0.2) is 5.13 Å². The number of anilines is 1. The summed E-state index contributed by atoms with van der Waals surface area (Å²) in [5.74, 6) is 0. The highest BCUT2D eigenvalue weighted by Crippen LogP contribution is 2.29. The second-order valence-corrected chi connectivity index (χ2v) is 8.15. The normalized spacial score (nSPS) is 11.7. The van der Waals surface area contributed by atoms with Crippen LogP contribution in [0.4, 0.5) is 5.13 Å². The van der Waals surface area contributed by atoms with Gasteiger partial charge in [-0.1, -0.05) is 11.6 Å². The Labute approximate surface area is 112 Å². The Bertz CT molecular complexity index is 626. The first-order valence-corrected chi connectivity index (χ1v) is 8.10. The molecule has 0 unspecified atom stereocenters. The van der Waals surface area contributed by atoms with Crippen molar-refractivity contribution < 1.29 is 8.42 Å². The van der Waals surface area contributed by atoms with E-state index in [1.54, 1.807) is 6.07 Å². The molecule has 2 rings (SSSR count). The third kappa shape index (κ3) is 2.79. The zero-order chi connectivity index (χ0) is 12.6. The van der Waals surface area contributed by atoms with Crippen molar-refractivity contribution in [1.82, 2.24) is 4.98 Å². The molecule has 0 aliphatic rings. The first kappa shape index (κ1) is 12.8. The van der Waals surface area contributed by atoms with Crippen LogP contribution in [0.5, 0.6) is 0 Å². The van der Waals surface area contributed by atoms with Crippen LogP contribution in [0.25, 0.3) is 0 Å². The van der Waals surface area contributed by atoms with Crippen molar-refractivity contribution in [3.63, 3.8) is 0 Å². The highest BCUT2D eigenvalue weighted by atomic mass is 35.5. The number of nitrogens with one attached hydrogen (secondary N) is 1. The summed E-state index contributed by atoms with van der Waals surface area (Å²) in [5, 5.41) is 0.379. The fraction of sp³-hybridized carbons (Fsp3) is 0.222. The molecule has 4 nitrogen and oxygen atoms in total. The fourth-order valence-corrected chi connectivity index (χ4v) is 4.66. The van der Waals surface area contributed by atoms with Crippen molar-refractivity contribution in [2.24, 2.45) is 0 Å². The molecule has 0 aliphatic carbocycles. The molecule has 0 aliphatic heterocycles. The van der Waals surface area contributed by atoms with Gasteiger partial charge in [0.05, 0.1) is 10.0 Å². The molecule has 0 saturated carbocycles. The molecule has 0 fully saturated rings. The Morgan fingerprint density at radius 2 is 2.00 bits per heavy atom. The van der Waals surface area contributed by atoms with Crippen molar-refractivity contribution in [1.29, 1.82) is 0 Å². The van der Waals surface area contributed by atoms with Crippen LogP contribution in [0.15, 0.2) is 16.3 Å². The molecule has 2 aromatic rings. The van der Waals surface area contributed by atoms with Crippen molar-refractivity contribution in [2.45, 2.75) is 18.1 Å². The number of aryl methyl sites for hydroxylation is 2. The predicted molar refractivity (Wildman–Crippen MR) is 71.7 cm³/mol. The van der Waals surface area contributed by atoms with E-state index in [9.17, 15) is 8.42 Å². The van der Waals surface area contributed by atoms with Gasteiger partial charge in [0.25, 0.3) is 10.0 Å². The molecule has 0 saturated heterocycles. The summed E-state index contributed by atoms with van der Waals surface area (Å²) in [7, 11) is -3.56. The van der Waals surface area contributed by atoms with E-state index >= 15 is 0 Å². The molecule has 2 heterocycles. The molecule has 0 amide bonds. The standard InChI is InChI=1S/C9H9ClN2O2S3/c1-5-6(2)15-9(11-5)12-17(13,14)8-4-3-7(10)16-8/h3-4H,1-2H3,(H,11,12). The predicted octanol–water partition coefficient (Wildman–Crippen LogP) is 3.28. The van der Waals surface area contributed by atoms with Gasteiger partial charge in [-0.3, -0.25) is 4.72 Å². The van der Waals surface area contributed by atoms with E-state index < -0.39 is 10.0 Å². The smallest absolute Gasteiger partial charge is 0.254 e. The zero-order valence-corrected chi connectivity index (χ0v) is 12.2. The van der Waals surface area contributed by atoms with Crippen LogP contribution in [0.1, 0.15) is 10.6 Å². The van der Waals surface area contributed by atoms with E-state index in [1.807, 2.05) is 13.8 Å². The number of rotatable bonds is 3. The number of thiazole rings is 1. The van der Waals surface area contributed by atoms with E-state index in [4.69, 9.17) is 11.6 Å². The average Bonchev–Trinajstić information content (AvgIpc) is 2.75. The maximum absolute atomic E-state index is 11.9. The van der Waals surface area contributed by atoms with Gasteiger partial charge < -0.3 is 0 Å². The van der Waals surface area contributed by atoms with E-state index in [1.165, 1.54) is 17.4 Å². The van der Waals surface area contributed by atoms with Crippen molar-refractivity contribution >= 4 is 49.4 Å². The lowest BCUT2D eigenvalue weighted by Crippen LogP contribution is -2.11. The Kier molecular flexibility index (Phi) is 3.44. The minimum absolute atomic E-state index is 0.188. The minimum Gasteiger partial charge on any atom is -0.254 e. The molecule has 92 valence electrons. The van der Waals surface area contributed by atoms with Gasteiger partial charge >= 0.3 is 0 Å². The zero-order valence-electron chi connectivity index (χ0n) is 9.02. The lowest BCUT2D eigenvalue weighted by Gasteiger charge is -2.01. The lowest BCUT2D eigenvalue weighted by atomic mass is 10.4. The fourth-order valence-electron chi connectivity index (χ4n) is 1.12. The summed E-state index contributed by atoms with van der Waals surface area (Å²) in [6, 6.07) is 3.03. The number of thiophene rings is 1. The molecule has 0 spiro atoms. The molecule has 0 aromatic carbocycles. The number of hydrogen-bond donors (Lipinski definition) is 1. The number of halogens is 1. The number of hydrogen-bond acceptors (Lipinski definition) is 5. The first-order chi connectivity index (χ1) is 7.88. The average molecular weight is 309 g/mol. The second-order valence-electron chi connectivity index (χ2n) is 3.32. The summed E-state index contributed by atoms with van der Waals surface area (Å²) >= 11 is 8.04. The first-order valence-electron chi connectivity index (χ1n) is 4.60. The van der Waals surface area contributed by atoms with Crippen molar-refractivity contribution in [2.75, 3.05) is 4.72 Å². The van der Waals surface area contributed by atoms with Gasteiger partial charge in [0, 0.05) is 4.88 Å². The SMILES string of the molecule is Cc1nc(NS(=O)(=O)c2ccc(Cl)s2)sc1C. The molecule has 8 heteroatoms. The third-order valence-electron chi connectivity index (χ3n) is 2.06. The molecule has 0 bridgehead atoms. The van der Waals surface area contributed by atoms with Crippen LogP contribution in [0.2, 0.25) is 4.34 Å². The molecule has 0 atom stereocenters. The summed E-state index contributed by atoms with van der Waals surface area (Å²) in [6.45, 7) is 3.73. The monoisotopic (exact) mass is 308 g/mol. The highest BCUT2D eigenvalue weighted by molar-refractivity contribution is 7.94. The number of aromatic nitrogens is 1. The Balaban J connectivity index is 2.29.